The Morgan fingerprint density at radius 3 is 2.92 bits per heavy atom. The Morgan fingerprint density at radius 1 is 1.77 bits per heavy atom. The van der Waals surface area contributed by atoms with E-state index in [4.69, 9.17) is 5.26 Å². The predicted octanol–water partition coefficient (Wildman–Crippen LogP) is -0.706. The number of rotatable bonds is 3. The summed E-state index contributed by atoms with van der Waals surface area (Å²) in [7, 11) is 1.51. The third-order valence-electron chi connectivity index (χ3n) is 1.64. The second-order valence-corrected chi connectivity index (χ2v) is 2.70. The van der Waals surface area contributed by atoms with Crippen LogP contribution >= 0.6 is 0 Å². The fourth-order valence-electron chi connectivity index (χ4n) is 1.03. The summed E-state index contributed by atoms with van der Waals surface area (Å²) in [6, 6.07) is 0. The molecule has 1 fully saturated rings. The van der Waals surface area contributed by atoms with Gasteiger partial charge in [-0.1, -0.05) is 0 Å². The Bertz CT molecular complexity index is 251. The summed E-state index contributed by atoms with van der Waals surface area (Å²) in [5.74, 6) is -0.340. The van der Waals surface area contributed by atoms with Crippen molar-refractivity contribution in [3.8, 4) is 0 Å². The fraction of sp³-hybridized carbons (Fsp3) is 0.429. The van der Waals surface area contributed by atoms with E-state index in [0.717, 1.165) is 0 Å². The van der Waals surface area contributed by atoms with Gasteiger partial charge in [-0.05, 0) is 0 Å². The summed E-state index contributed by atoms with van der Waals surface area (Å²) in [4.78, 5) is 26.5. The van der Waals surface area contributed by atoms with Gasteiger partial charge in [0, 0.05) is 25.2 Å². The number of nitrogens with zero attached hydrogens (tertiary/aromatic N) is 1. The second kappa shape index (κ2) is 4.01. The Morgan fingerprint density at radius 2 is 2.46 bits per heavy atom. The maximum absolute atomic E-state index is 11.1. The summed E-state index contributed by atoms with van der Waals surface area (Å²) in [6.07, 6.45) is 1.50. The van der Waals surface area contributed by atoms with Gasteiger partial charge in [-0.15, -0.1) is 0 Å². The molecule has 1 aliphatic rings. The van der Waals surface area contributed by atoms with Crippen LogP contribution in [0.25, 0.3) is 0 Å². The molecule has 0 aromatic rings. The van der Waals surface area contributed by atoms with Crippen molar-refractivity contribution in [1.82, 2.24) is 10.2 Å². The minimum absolute atomic E-state index is 0.244. The largest absolute Gasteiger partial charge is 0.324 e. The first-order valence-corrected chi connectivity index (χ1v) is 3.66. The van der Waals surface area contributed by atoms with Gasteiger partial charge in [0.25, 0.3) is 5.91 Å². The monoisotopic (exact) mass is 186 g/mol. The molecule has 1 saturated heterocycles. The standard InChI is InChI=1S/C7H10N2O4/c1-9(4-10)3-5-2-6(13-12)8-7(5)11/h3-4,6,12H,2H2,1H3,(H,8,11)/b5-3-/t6-/m0/s1. The molecule has 13 heavy (non-hydrogen) atoms. The Labute approximate surface area is 74.7 Å². The molecule has 0 bridgehead atoms. The van der Waals surface area contributed by atoms with Gasteiger partial charge >= 0.3 is 0 Å². The van der Waals surface area contributed by atoms with Crippen LogP contribution in [0.1, 0.15) is 6.42 Å². The maximum atomic E-state index is 11.1. The lowest BCUT2D eigenvalue weighted by Crippen LogP contribution is -2.26. The van der Waals surface area contributed by atoms with Crippen molar-refractivity contribution in [2.75, 3.05) is 7.05 Å². The summed E-state index contributed by atoms with van der Waals surface area (Å²) in [6.45, 7) is 0. The molecule has 1 heterocycles. The Kier molecular flexibility index (Phi) is 2.99. The van der Waals surface area contributed by atoms with Crippen LogP contribution in [0.3, 0.4) is 0 Å². The van der Waals surface area contributed by atoms with E-state index < -0.39 is 6.23 Å². The molecule has 0 aromatic carbocycles. The number of nitrogens with one attached hydrogen (secondary N) is 1. The molecule has 0 radical (unpaired) electrons. The number of hydrogen-bond acceptors (Lipinski definition) is 4. The third kappa shape index (κ3) is 2.27. The molecule has 72 valence electrons. The van der Waals surface area contributed by atoms with Crippen molar-refractivity contribution in [3.05, 3.63) is 11.8 Å². The molecule has 0 saturated carbocycles. The molecule has 2 amide bonds. The van der Waals surface area contributed by atoms with E-state index in [0.29, 0.717) is 12.0 Å². The van der Waals surface area contributed by atoms with Crippen LogP contribution in [0.5, 0.6) is 0 Å². The van der Waals surface area contributed by atoms with E-state index >= 15 is 0 Å². The van der Waals surface area contributed by atoms with Crippen LogP contribution in [-0.2, 0) is 14.5 Å². The molecule has 1 atom stereocenters. The molecular formula is C7H10N2O4. The van der Waals surface area contributed by atoms with Gasteiger partial charge in [-0.2, -0.15) is 0 Å². The Balaban J connectivity index is 2.66. The molecule has 2 N–H and O–H groups in total. The van der Waals surface area contributed by atoms with Crippen molar-refractivity contribution in [2.24, 2.45) is 0 Å². The normalized spacial score (nSPS) is 24.6. The second-order valence-electron chi connectivity index (χ2n) is 2.70. The first-order valence-electron chi connectivity index (χ1n) is 3.66. The molecule has 0 spiro atoms. The van der Waals surface area contributed by atoms with E-state index in [1.807, 2.05) is 0 Å². The SMILES string of the molecule is CN(C=O)/C=C1/C[C@H](OO)NC1=O. The fourth-order valence-corrected chi connectivity index (χ4v) is 1.03. The van der Waals surface area contributed by atoms with Crippen molar-refractivity contribution in [3.63, 3.8) is 0 Å². The van der Waals surface area contributed by atoms with Gasteiger partial charge in [-0.25, -0.2) is 10.1 Å². The highest BCUT2D eigenvalue weighted by Crippen LogP contribution is 2.14. The van der Waals surface area contributed by atoms with Gasteiger partial charge in [0.15, 0.2) is 6.23 Å². The summed E-state index contributed by atoms with van der Waals surface area (Å²) < 4.78 is 0. The van der Waals surface area contributed by atoms with Crippen LogP contribution in [-0.4, -0.2) is 35.7 Å². The van der Waals surface area contributed by atoms with E-state index in [2.05, 4.69) is 10.2 Å². The first kappa shape index (κ1) is 9.69. The molecule has 1 rings (SSSR count). The zero-order chi connectivity index (χ0) is 9.84. The van der Waals surface area contributed by atoms with Crippen molar-refractivity contribution in [2.45, 2.75) is 12.6 Å². The Hall–Kier alpha value is -1.40. The van der Waals surface area contributed by atoms with Gasteiger partial charge < -0.3 is 10.2 Å². The highest BCUT2D eigenvalue weighted by atomic mass is 17.1. The van der Waals surface area contributed by atoms with Gasteiger partial charge in [-0.3, -0.25) is 9.59 Å². The minimum Gasteiger partial charge on any atom is -0.324 e. The average Bonchev–Trinajstić information content (AvgIpc) is 2.47. The predicted molar refractivity (Wildman–Crippen MR) is 42.2 cm³/mol. The molecule has 0 aliphatic carbocycles. The van der Waals surface area contributed by atoms with Gasteiger partial charge in [0.05, 0.1) is 0 Å². The van der Waals surface area contributed by atoms with E-state index in [1.54, 1.807) is 0 Å². The van der Waals surface area contributed by atoms with Crippen molar-refractivity contribution < 1.29 is 19.7 Å². The molecule has 6 heteroatoms. The number of hydrogen-bond donors (Lipinski definition) is 2. The quantitative estimate of drug-likeness (QED) is 0.264. The van der Waals surface area contributed by atoms with Gasteiger partial charge in [0.1, 0.15) is 0 Å². The van der Waals surface area contributed by atoms with Crippen molar-refractivity contribution in [1.29, 1.82) is 0 Å². The summed E-state index contributed by atoms with van der Waals surface area (Å²) in [5, 5.41) is 10.6. The topological polar surface area (TPSA) is 78.9 Å². The summed E-state index contributed by atoms with van der Waals surface area (Å²) >= 11 is 0. The molecule has 0 unspecified atom stereocenters. The first-order chi connectivity index (χ1) is 6.17. The van der Waals surface area contributed by atoms with E-state index in [9.17, 15) is 9.59 Å². The van der Waals surface area contributed by atoms with Crippen molar-refractivity contribution >= 4 is 12.3 Å². The van der Waals surface area contributed by atoms with E-state index in [1.165, 1.54) is 18.1 Å². The van der Waals surface area contributed by atoms with Crippen LogP contribution in [0.2, 0.25) is 0 Å². The maximum Gasteiger partial charge on any atom is 0.250 e. The summed E-state index contributed by atoms with van der Waals surface area (Å²) in [5.41, 5.74) is 0.397. The molecule has 0 aromatic heterocycles. The number of amides is 2. The lowest BCUT2D eigenvalue weighted by molar-refractivity contribution is -0.280. The van der Waals surface area contributed by atoms with Crippen LogP contribution in [0, 0.1) is 0 Å². The molecular weight excluding hydrogens is 176 g/mol. The van der Waals surface area contributed by atoms with E-state index in [-0.39, 0.29) is 12.3 Å². The lowest BCUT2D eigenvalue weighted by Gasteiger charge is -2.03. The zero-order valence-electron chi connectivity index (χ0n) is 7.06. The molecule has 1 aliphatic heterocycles. The van der Waals surface area contributed by atoms with Gasteiger partial charge in [0.2, 0.25) is 6.41 Å². The van der Waals surface area contributed by atoms with Crippen LogP contribution < -0.4 is 5.32 Å². The minimum atomic E-state index is -0.709. The highest BCUT2D eigenvalue weighted by molar-refractivity contribution is 5.95. The number of carbonyl (C=O) groups excluding carboxylic acids is 2. The van der Waals surface area contributed by atoms with Crippen LogP contribution in [0.4, 0.5) is 0 Å². The molecule has 6 nitrogen and oxygen atoms in total. The average molecular weight is 186 g/mol. The van der Waals surface area contributed by atoms with Crippen LogP contribution in [0.15, 0.2) is 11.8 Å². The third-order valence-corrected chi connectivity index (χ3v) is 1.64. The lowest BCUT2D eigenvalue weighted by atomic mass is 10.2. The zero-order valence-corrected chi connectivity index (χ0v) is 7.06. The highest BCUT2D eigenvalue weighted by Gasteiger charge is 2.27. The smallest absolute Gasteiger partial charge is 0.250 e. The number of carbonyl (C=O) groups is 2.